The van der Waals surface area contributed by atoms with Gasteiger partial charge in [0, 0.05) is 10.9 Å². The van der Waals surface area contributed by atoms with Crippen molar-refractivity contribution in [3.8, 4) is 0 Å². The minimum atomic E-state index is -0.444. The number of carbonyl (C=O) groups is 1. The normalized spacial score (nSPS) is 11.2. The molecule has 0 atom stereocenters. The summed E-state index contributed by atoms with van der Waals surface area (Å²) in [7, 11) is 0. The minimum absolute atomic E-state index is 0.141. The number of aryl methyl sites for hydroxylation is 1. The summed E-state index contributed by atoms with van der Waals surface area (Å²) in [6, 6.07) is 10.2. The Labute approximate surface area is 140 Å². The van der Waals surface area contributed by atoms with Crippen LogP contribution in [0.15, 0.2) is 47.1 Å². The number of fused-ring (bicyclic) bond motifs is 1. The van der Waals surface area contributed by atoms with Crippen LogP contribution in [0.2, 0.25) is 0 Å². The molecule has 124 valence electrons. The van der Waals surface area contributed by atoms with E-state index in [1.807, 2.05) is 6.07 Å². The van der Waals surface area contributed by atoms with Gasteiger partial charge >= 0.3 is 0 Å². The Hall–Kier alpha value is -2.62. The average molecular weight is 325 g/mol. The first kappa shape index (κ1) is 16.2. The van der Waals surface area contributed by atoms with Gasteiger partial charge in [-0.15, -0.1) is 0 Å². The van der Waals surface area contributed by atoms with Crippen molar-refractivity contribution in [2.75, 3.05) is 5.32 Å². The van der Waals surface area contributed by atoms with Crippen LogP contribution in [-0.2, 0) is 11.2 Å². The Morgan fingerprint density at radius 3 is 2.71 bits per heavy atom. The monoisotopic (exact) mass is 325 g/mol. The van der Waals surface area contributed by atoms with Crippen LogP contribution in [0, 0.1) is 12.7 Å². The zero-order valence-corrected chi connectivity index (χ0v) is 14.0. The number of rotatable bonds is 4. The molecule has 0 fully saturated rings. The third-order valence-corrected chi connectivity index (χ3v) is 4.16. The molecule has 0 radical (unpaired) electrons. The first-order chi connectivity index (χ1) is 11.5. The van der Waals surface area contributed by atoms with Crippen LogP contribution in [0.5, 0.6) is 0 Å². The number of hydrogen-bond acceptors (Lipinski definition) is 2. The molecule has 3 aromatic rings. The Bertz CT molecular complexity index is 896. The van der Waals surface area contributed by atoms with E-state index < -0.39 is 5.82 Å². The van der Waals surface area contributed by atoms with Gasteiger partial charge in [0.25, 0.3) is 0 Å². The highest BCUT2D eigenvalue weighted by Crippen LogP contribution is 2.29. The van der Waals surface area contributed by atoms with Crippen molar-refractivity contribution < 1.29 is 13.6 Å². The molecule has 0 aliphatic carbocycles. The summed E-state index contributed by atoms with van der Waals surface area (Å²) in [5.74, 6) is -0.320. The zero-order valence-electron chi connectivity index (χ0n) is 14.0. The lowest BCUT2D eigenvalue weighted by atomic mass is 9.95. The van der Waals surface area contributed by atoms with Gasteiger partial charge in [0.2, 0.25) is 5.91 Å². The maximum Gasteiger partial charge on any atom is 0.229 e. The van der Waals surface area contributed by atoms with E-state index >= 15 is 0 Å². The van der Waals surface area contributed by atoms with Gasteiger partial charge in [-0.1, -0.05) is 26.0 Å². The highest BCUT2D eigenvalue weighted by Gasteiger charge is 2.14. The van der Waals surface area contributed by atoms with Crippen molar-refractivity contribution in [2.24, 2.45) is 0 Å². The summed E-state index contributed by atoms with van der Waals surface area (Å²) in [4.78, 5) is 12.2. The van der Waals surface area contributed by atoms with Crippen LogP contribution in [0.4, 0.5) is 10.1 Å². The summed E-state index contributed by atoms with van der Waals surface area (Å²) in [6.45, 7) is 6.33. The number of furan rings is 1. The van der Waals surface area contributed by atoms with Gasteiger partial charge in [-0.05, 0) is 48.2 Å². The summed E-state index contributed by atoms with van der Waals surface area (Å²) >= 11 is 0. The second-order valence-electron chi connectivity index (χ2n) is 6.33. The molecular weight excluding hydrogens is 305 g/mol. The second-order valence-corrected chi connectivity index (χ2v) is 6.33. The molecule has 2 aromatic carbocycles. The van der Waals surface area contributed by atoms with Crippen molar-refractivity contribution in [1.29, 1.82) is 0 Å². The average Bonchev–Trinajstić information content (AvgIpc) is 2.90. The number of amides is 1. The molecule has 1 amide bonds. The molecule has 0 saturated carbocycles. The maximum atomic E-state index is 13.6. The van der Waals surface area contributed by atoms with Crippen LogP contribution in [0.3, 0.4) is 0 Å². The van der Waals surface area contributed by atoms with Gasteiger partial charge in [-0.3, -0.25) is 4.79 Å². The van der Waals surface area contributed by atoms with Gasteiger partial charge in [0.05, 0.1) is 18.4 Å². The van der Waals surface area contributed by atoms with Gasteiger partial charge in [-0.2, -0.15) is 0 Å². The Balaban J connectivity index is 1.86. The molecule has 1 N–H and O–H groups in total. The quantitative estimate of drug-likeness (QED) is 0.717. The lowest BCUT2D eigenvalue weighted by Crippen LogP contribution is -2.15. The van der Waals surface area contributed by atoms with Crippen LogP contribution in [-0.4, -0.2) is 5.91 Å². The molecule has 4 heteroatoms. The summed E-state index contributed by atoms with van der Waals surface area (Å²) < 4.78 is 19.2. The van der Waals surface area contributed by atoms with E-state index in [1.54, 1.807) is 24.5 Å². The molecule has 3 rings (SSSR count). The van der Waals surface area contributed by atoms with E-state index in [0.29, 0.717) is 5.92 Å². The van der Waals surface area contributed by atoms with E-state index in [9.17, 15) is 9.18 Å². The Morgan fingerprint density at radius 1 is 1.25 bits per heavy atom. The standard InChI is InChI=1S/C20H20FNO2/c1-12(2)15-10-16-14(11-24-19(16)8-13(15)3)9-20(23)22-18-7-5-4-6-17(18)21/h4-8,10-12H,9H2,1-3H3,(H,22,23). The molecule has 1 aromatic heterocycles. The maximum absolute atomic E-state index is 13.6. The van der Waals surface area contributed by atoms with Crippen LogP contribution >= 0.6 is 0 Å². The predicted molar refractivity (Wildman–Crippen MR) is 93.8 cm³/mol. The van der Waals surface area contributed by atoms with Crippen molar-refractivity contribution >= 4 is 22.6 Å². The topological polar surface area (TPSA) is 42.2 Å². The predicted octanol–water partition coefficient (Wildman–Crippen LogP) is 5.18. The summed E-state index contributed by atoms with van der Waals surface area (Å²) in [5.41, 5.74) is 4.18. The van der Waals surface area contributed by atoms with E-state index in [0.717, 1.165) is 16.5 Å². The fourth-order valence-electron chi connectivity index (χ4n) is 2.93. The van der Waals surface area contributed by atoms with Crippen molar-refractivity contribution in [1.82, 2.24) is 0 Å². The van der Waals surface area contributed by atoms with Gasteiger partial charge in [0.1, 0.15) is 11.4 Å². The number of benzene rings is 2. The van der Waals surface area contributed by atoms with Crippen LogP contribution in [0.25, 0.3) is 11.0 Å². The van der Waals surface area contributed by atoms with E-state index in [2.05, 4.69) is 32.2 Å². The number of anilines is 1. The number of para-hydroxylation sites is 1. The third kappa shape index (κ3) is 3.18. The molecule has 3 nitrogen and oxygen atoms in total. The van der Waals surface area contributed by atoms with Gasteiger partial charge < -0.3 is 9.73 Å². The van der Waals surface area contributed by atoms with E-state index in [4.69, 9.17) is 4.42 Å². The van der Waals surface area contributed by atoms with E-state index in [-0.39, 0.29) is 18.0 Å². The molecule has 1 heterocycles. The molecule has 0 spiro atoms. The second kappa shape index (κ2) is 6.48. The van der Waals surface area contributed by atoms with Crippen molar-refractivity contribution in [2.45, 2.75) is 33.1 Å². The summed E-state index contributed by atoms with van der Waals surface area (Å²) in [5, 5.41) is 3.54. The van der Waals surface area contributed by atoms with Gasteiger partial charge in [-0.25, -0.2) is 4.39 Å². The first-order valence-electron chi connectivity index (χ1n) is 8.00. The number of halogens is 1. The molecule has 0 unspecified atom stereocenters. The molecule has 0 bridgehead atoms. The smallest absolute Gasteiger partial charge is 0.229 e. The van der Waals surface area contributed by atoms with E-state index in [1.165, 1.54) is 17.2 Å². The Kier molecular flexibility index (Phi) is 4.38. The molecule has 0 saturated heterocycles. The van der Waals surface area contributed by atoms with Crippen molar-refractivity contribution in [3.63, 3.8) is 0 Å². The summed E-state index contributed by atoms with van der Waals surface area (Å²) in [6.07, 6.45) is 1.75. The highest BCUT2D eigenvalue weighted by molar-refractivity contribution is 5.95. The lowest BCUT2D eigenvalue weighted by Gasteiger charge is -2.10. The number of hydrogen-bond donors (Lipinski definition) is 1. The van der Waals surface area contributed by atoms with Crippen molar-refractivity contribution in [3.05, 3.63) is 65.2 Å². The van der Waals surface area contributed by atoms with Crippen LogP contribution in [0.1, 0.15) is 36.5 Å². The zero-order chi connectivity index (χ0) is 17.3. The SMILES string of the molecule is Cc1cc2occ(CC(=O)Nc3ccccc3F)c2cc1C(C)C. The molecule has 0 aliphatic heterocycles. The van der Waals surface area contributed by atoms with Crippen LogP contribution < -0.4 is 5.32 Å². The first-order valence-corrected chi connectivity index (χ1v) is 8.00. The number of carbonyl (C=O) groups excluding carboxylic acids is 1. The largest absolute Gasteiger partial charge is 0.464 e. The highest BCUT2D eigenvalue weighted by atomic mass is 19.1. The number of nitrogens with one attached hydrogen (secondary N) is 1. The molecular formula is C20H20FNO2. The third-order valence-electron chi connectivity index (χ3n) is 4.16. The molecule has 0 aliphatic rings. The van der Waals surface area contributed by atoms with Gasteiger partial charge in [0.15, 0.2) is 0 Å². The Morgan fingerprint density at radius 2 is 2.00 bits per heavy atom. The molecule has 24 heavy (non-hydrogen) atoms. The minimum Gasteiger partial charge on any atom is -0.464 e. The lowest BCUT2D eigenvalue weighted by molar-refractivity contribution is -0.115. The fraction of sp³-hybridized carbons (Fsp3) is 0.250. The fourth-order valence-corrected chi connectivity index (χ4v) is 2.93.